The molecule has 3 nitrogen and oxygen atoms in total. The SMILES string of the molecule is COc1ccc(/C(C)=C(/Cc2ccccc2)CC(C#N)C#N)cc1. The molecule has 0 heterocycles. The maximum atomic E-state index is 9.15. The molecule has 0 aliphatic heterocycles. The number of benzene rings is 2. The second-order valence-corrected chi connectivity index (χ2v) is 5.63. The molecule has 0 spiro atoms. The van der Waals surface area contributed by atoms with Crippen LogP contribution in [0.25, 0.3) is 5.57 Å². The van der Waals surface area contributed by atoms with Crippen molar-refractivity contribution in [2.45, 2.75) is 19.8 Å². The van der Waals surface area contributed by atoms with Gasteiger partial charge in [-0.15, -0.1) is 0 Å². The first-order valence-electron chi connectivity index (χ1n) is 7.84. The fourth-order valence-corrected chi connectivity index (χ4v) is 2.61. The second kappa shape index (κ2) is 8.56. The lowest BCUT2D eigenvalue weighted by Crippen LogP contribution is -2.02. The number of nitriles is 2. The number of allylic oxidation sites excluding steroid dienone is 2. The van der Waals surface area contributed by atoms with E-state index in [1.54, 1.807) is 7.11 Å². The molecule has 0 N–H and O–H groups in total. The standard InChI is InChI=1S/C21H20N2O/c1-16(19-8-10-21(24-2)11-9-19)20(13-18(14-22)15-23)12-17-6-4-3-5-7-17/h3-11,18H,12-13H2,1-2H3/b20-16-. The van der Waals surface area contributed by atoms with E-state index in [0.717, 1.165) is 28.9 Å². The predicted octanol–water partition coefficient (Wildman–Crippen LogP) is 4.76. The van der Waals surface area contributed by atoms with Gasteiger partial charge in [-0.05, 0) is 48.6 Å². The van der Waals surface area contributed by atoms with Crippen LogP contribution in [0.15, 0.2) is 60.2 Å². The van der Waals surface area contributed by atoms with Crippen LogP contribution in [0.1, 0.15) is 24.5 Å². The van der Waals surface area contributed by atoms with Crippen LogP contribution in [-0.4, -0.2) is 7.11 Å². The second-order valence-electron chi connectivity index (χ2n) is 5.63. The summed E-state index contributed by atoms with van der Waals surface area (Å²) in [5.74, 6) is 0.181. The topological polar surface area (TPSA) is 56.8 Å². The minimum absolute atomic E-state index is 0.458. The highest BCUT2D eigenvalue weighted by Crippen LogP contribution is 2.27. The van der Waals surface area contributed by atoms with Crippen molar-refractivity contribution < 1.29 is 4.74 Å². The Hall–Kier alpha value is -3.04. The molecule has 0 saturated heterocycles. The summed E-state index contributed by atoms with van der Waals surface area (Å²) in [4.78, 5) is 0. The van der Waals surface area contributed by atoms with Crippen molar-refractivity contribution in [1.82, 2.24) is 0 Å². The normalized spacial score (nSPS) is 11.4. The van der Waals surface area contributed by atoms with E-state index in [-0.39, 0.29) is 0 Å². The van der Waals surface area contributed by atoms with Gasteiger partial charge in [0.15, 0.2) is 0 Å². The Balaban J connectivity index is 2.38. The van der Waals surface area contributed by atoms with Crippen molar-refractivity contribution in [2.24, 2.45) is 5.92 Å². The third-order valence-electron chi connectivity index (χ3n) is 4.08. The first kappa shape index (κ1) is 17.3. The van der Waals surface area contributed by atoms with E-state index in [0.29, 0.717) is 6.42 Å². The fourth-order valence-electron chi connectivity index (χ4n) is 2.61. The van der Waals surface area contributed by atoms with Gasteiger partial charge in [0.25, 0.3) is 0 Å². The molecule has 0 fully saturated rings. The molecule has 0 aliphatic carbocycles. The highest BCUT2D eigenvalue weighted by molar-refractivity contribution is 5.68. The zero-order chi connectivity index (χ0) is 17.4. The Morgan fingerprint density at radius 3 is 2.17 bits per heavy atom. The molecule has 2 rings (SSSR count). The minimum atomic E-state index is -0.628. The van der Waals surface area contributed by atoms with Gasteiger partial charge in [0.05, 0.1) is 19.2 Å². The lowest BCUT2D eigenvalue weighted by molar-refractivity contribution is 0.415. The summed E-state index contributed by atoms with van der Waals surface area (Å²) in [6.45, 7) is 2.05. The molecule has 120 valence electrons. The van der Waals surface area contributed by atoms with E-state index >= 15 is 0 Å². The van der Waals surface area contributed by atoms with Crippen LogP contribution < -0.4 is 4.74 Å². The molecular formula is C21H20N2O. The molecule has 2 aromatic rings. The van der Waals surface area contributed by atoms with Gasteiger partial charge < -0.3 is 4.74 Å². The quantitative estimate of drug-likeness (QED) is 0.771. The number of hydrogen-bond donors (Lipinski definition) is 0. The Bertz CT molecular complexity index is 763. The van der Waals surface area contributed by atoms with Gasteiger partial charge in [-0.3, -0.25) is 0 Å². The van der Waals surface area contributed by atoms with E-state index in [9.17, 15) is 0 Å². The lowest BCUT2D eigenvalue weighted by Gasteiger charge is -2.14. The first-order chi connectivity index (χ1) is 11.7. The Morgan fingerprint density at radius 2 is 1.62 bits per heavy atom. The molecule has 0 aliphatic rings. The summed E-state index contributed by atoms with van der Waals surface area (Å²) in [5.41, 5.74) is 4.47. The lowest BCUT2D eigenvalue weighted by atomic mass is 9.90. The zero-order valence-electron chi connectivity index (χ0n) is 14.0. The van der Waals surface area contributed by atoms with E-state index in [1.165, 1.54) is 5.56 Å². The molecule has 24 heavy (non-hydrogen) atoms. The molecule has 0 amide bonds. The summed E-state index contributed by atoms with van der Waals surface area (Å²) in [5, 5.41) is 18.3. The number of ether oxygens (including phenoxy) is 1. The average Bonchev–Trinajstić information content (AvgIpc) is 2.65. The van der Waals surface area contributed by atoms with Gasteiger partial charge in [0.1, 0.15) is 11.7 Å². The predicted molar refractivity (Wildman–Crippen MR) is 95.1 cm³/mol. The summed E-state index contributed by atoms with van der Waals surface area (Å²) in [6.07, 6.45) is 1.19. The Kier molecular flexibility index (Phi) is 6.17. The van der Waals surface area contributed by atoms with E-state index < -0.39 is 5.92 Å². The number of nitrogens with zero attached hydrogens (tertiary/aromatic N) is 2. The van der Waals surface area contributed by atoms with Crippen molar-refractivity contribution in [1.29, 1.82) is 10.5 Å². The van der Waals surface area contributed by atoms with Crippen LogP contribution in [0.5, 0.6) is 5.75 Å². The average molecular weight is 316 g/mol. The number of rotatable bonds is 6. The van der Waals surface area contributed by atoms with Crippen molar-refractivity contribution in [3.63, 3.8) is 0 Å². The van der Waals surface area contributed by atoms with Crippen molar-refractivity contribution >= 4 is 5.57 Å². The molecule has 0 atom stereocenters. The summed E-state index contributed by atoms with van der Waals surface area (Å²) >= 11 is 0. The molecular weight excluding hydrogens is 296 g/mol. The summed E-state index contributed by atoms with van der Waals surface area (Å²) in [7, 11) is 1.64. The van der Waals surface area contributed by atoms with Crippen LogP contribution in [0.3, 0.4) is 0 Å². The molecule has 0 bridgehead atoms. The fraction of sp³-hybridized carbons (Fsp3) is 0.238. The third-order valence-corrected chi connectivity index (χ3v) is 4.08. The van der Waals surface area contributed by atoms with Crippen molar-refractivity contribution in [3.05, 3.63) is 71.3 Å². The largest absolute Gasteiger partial charge is 0.497 e. The number of methoxy groups -OCH3 is 1. The van der Waals surface area contributed by atoms with E-state index in [1.807, 2.05) is 49.4 Å². The molecule has 0 radical (unpaired) electrons. The molecule has 2 aromatic carbocycles. The van der Waals surface area contributed by atoms with Crippen LogP contribution in [-0.2, 0) is 6.42 Å². The zero-order valence-corrected chi connectivity index (χ0v) is 14.0. The highest BCUT2D eigenvalue weighted by Gasteiger charge is 2.13. The minimum Gasteiger partial charge on any atom is -0.497 e. The highest BCUT2D eigenvalue weighted by atomic mass is 16.5. The maximum absolute atomic E-state index is 9.15. The first-order valence-corrected chi connectivity index (χ1v) is 7.84. The van der Waals surface area contributed by atoms with Gasteiger partial charge >= 0.3 is 0 Å². The van der Waals surface area contributed by atoms with E-state index in [2.05, 4.69) is 24.3 Å². The van der Waals surface area contributed by atoms with Crippen LogP contribution in [0.2, 0.25) is 0 Å². The maximum Gasteiger partial charge on any atom is 0.137 e. The molecule has 3 heteroatoms. The van der Waals surface area contributed by atoms with Crippen LogP contribution in [0, 0.1) is 28.6 Å². The smallest absolute Gasteiger partial charge is 0.137 e. The van der Waals surface area contributed by atoms with Gasteiger partial charge in [-0.2, -0.15) is 10.5 Å². The molecule has 0 unspecified atom stereocenters. The van der Waals surface area contributed by atoms with Crippen molar-refractivity contribution in [3.8, 4) is 17.9 Å². The summed E-state index contributed by atoms with van der Waals surface area (Å²) < 4.78 is 5.20. The molecule has 0 aromatic heterocycles. The van der Waals surface area contributed by atoms with Crippen LogP contribution >= 0.6 is 0 Å². The third kappa shape index (κ3) is 4.48. The Labute approximate surface area is 143 Å². The van der Waals surface area contributed by atoms with Gasteiger partial charge in [-0.25, -0.2) is 0 Å². The van der Waals surface area contributed by atoms with Gasteiger partial charge in [0, 0.05) is 0 Å². The molecule has 0 saturated carbocycles. The number of hydrogen-bond acceptors (Lipinski definition) is 3. The van der Waals surface area contributed by atoms with Gasteiger partial charge in [-0.1, -0.05) is 48.0 Å². The van der Waals surface area contributed by atoms with Crippen molar-refractivity contribution in [2.75, 3.05) is 7.11 Å². The summed E-state index contributed by atoms with van der Waals surface area (Å²) in [6, 6.07) is 22.1. The Morgan fingerprint density at radius 1 is 1.00 bits per heavy atom. The van der Waals surface area contributed by atoms with Gasteiger partial charge in [0.2, 0.25) is 0 Å². The van der Waals surface area contributed by atoms with E-state index in [4.69, 9.17) is 15.3 Å². The monoisotopic (exact) mass is 316 g/mol. The van der Waals surface area contributed by atoms with Crippen LogP contribution in [0.4, 0.5) is 0 Å².